The lowest BCUT2D eigenvalue weighted by Gasteiger charge is -2.64. The highest BCUT2D eigenvalue weighted by Crippen LogP contribution is 2.70. The van der Waals surface area contributed by atoms with E-state index in [9.17, 15) is 19.7 Å². The van der Waals surface area contributed by atoms with Gasteiger partial charge in [-0.3, -0.25) is 0 Å². The quantitative estimate of drug-likeness (QED) is 0.464. The minimum atomic E-state index is -1.04. The van der Waals surface area contributed by atoms with Crippen LogP contribution in [0.15, 0.2) is 24.3 Å². The summed E-state index contributed by atoms with van der Waals surface area (Å²) >= 11 is 0. The molecule has 1 aromatic carbocycles. The summed E-state index contributed by atoms with van der Waals surface area (Å²) < 4.78 is 31.2. The van der Waals surface area contributed by atoms with Crippen LogP contribution in [0.4, 0.5) is 4.39 Å². The zero-order chi connectivity index (χ0) is 27.7. The Bertz CT molecular complexity index is 1040. The van der Waals surface area contributed by atoms with Crippen molar-refractivity contribution >= 4 is 0 Å². The van der Waals surface area contributed by atoms with Crippen molar-refractivity contribution < 1.29 is 33.9 Å². The van der Waals surface area contributed by atoms with Crippen LogP contribution >= 0.6 is 0 Å². The number of hydrogen-bond acceptors (Lipinski definition) is 6. The number of rotatable bonds is 4. The third-order valence-corrected chi connectivity index (χ3v) is 12.5. The van der Waals surface area contributed by atoms with Crippen molar-refractivity contribution in [2.24, 2.45) is 28.6 Å². The average molecular weight is 547 g/mol. The lowest BCUT2D eigenvalue weighted by Crippen LogP contribution is -2.62. The van der Waals surface area contributed by atoms with Gasteiger partial charge in [-0.1, -0.05) is 26.0 Å². The average Bonchev–Trinajstić information content (AvgIpc) is 3.19. The Labute approximate surface area is 232 Å². The monoisotopic (exact) mass is 546 g/mol. The summed E-state index contributed by atoms with van der Waals surface area (Å²) in [6.07, 6.45) is 4.89. The van der Waals surface area contributed by atoms with E-state index in [1.165, 1.54) is 7.11 Å². The molecule has 1 aliphatic heterocycles. The molecule has 3 N–H and O–H groups in total. The summed E-state index contributed by atoms with van der Waals surface area (Å²) in [5.41, 5.74) is 0.430. The van der Waals surface area contributed by atoms with E-state index < -0.39 is 36.3 Å². The number of ether oxygens (including phenoxy) is 3. The van der Waals surface area contributed by atoms with Crippen molar-refractivity contribution in [1.29, 1.82) is 0 Å². The molecule has 6 rings (SSSR count). The SMILES string of the molecule is CO[C@@H]1[C@@H](O)[C@H](OC2CC[C@@]3(C)C(CC[C@@H]4[C@H]3CC[C@]3(C)C(c5ccc(F)cc5)CC[C@@]43O)C2)O[C@H](C)[C@H]1O. The second-order valence-corrected chi connectivity index (χ2v) is 13.9. The van der Waals surface area contributed by atoms with E-state index in [0.29, 0.717) is 11.8 Å². The largest absolute Gasteiger partial charge is 0.389 e. The zero-order valence-corrected chi connectivity index (χ0v) is 23.9. The van der Waals surface area contributed by atoms with Gasteiger partial charge >= 0.3 is 0 Å². The summed E-state index contributed by atoms with van der Waals surface area (Å²) in [4.78, 5) is 0. The first-order valence-electron chi connectivity index (χ1n) is 15.2. The van der Waals surface area contributed by atoms with Gasteiger partial charge in [0.15, 0.2) is 6.29 Å². The van der Waals surface area contributed by atoms with Crippen molar-refractivity contribution in [3.63, 3.8) is 0 Å². The van der Waals surface area contributed by atoms with Gasteiger partial charge in [-0.15, -0.1) is 0 Å². The van der Waals surface area contributed by atoms with Crippen LogP contribution in [-0.4, -0.2) is 64.8 Å². The maximum atomic E-state index is 13.6. The van der Waals surface area contributed by atoms with Crippen molar-refractivity contribution in [3.05, 3.63) is 35.6 Å². The van der Waals surface area contributed by atoms with Crippen LogP contribution in [0.25, 0.3) is 0 Å². The lowest BCUT2D eigenvalue weighted by molar-refractivity contribution is -0.313. The molecule has 1 saturated heterocycles. The van der Waals surface area contributed by atoms with E-state index in [0.717, 1.165) is 63.4 Å². The second kappa shape index (κ2) is 10.0. The van der Waals surface area contributed by atoms with Gasteiger partial charge in [0, 0.05) is 12.5 Å². The maximum Gasteiger partial charge on any atom is 0.186 e. The zero-order valence-electron chi connectivity index (χ0n) is 23.9. The molecule has 1 aromatic rings. The number of aliphatic hydroxyl groups is 3. The Morgan fingerprint density at radius 2 is 1.67 bits per heavy atom. The molecule has 0 bridgehead atoms. The predicted molar refractivity (Wildman–Crippen MR) is 144 cm³/mol. The summed E-state index contributed by atoms with van der Waals surface area (Å²) in [5, 5.41) is 33.6. The van der Waals surface area contributed by atoms with E-state index in [4.69, 9.17) is 14.2 Å². The van der Waals surface area contributed by atoms with Gasteiger partial charge in [0.05, 0.1) is 17.8 Å². The fourth-order valence-electron chi connectivity index (χ4n) is 10.1. The number of methoxy groups -OCH3 is 1. The normalized spacial score (nSPS) is 51.6. The Morgan fingerprint density at radius 3 is 2.38 bits per heavy atom. The van der Waals surface area contributed by atoms with Crippen LogP contribution in [0, 0.1) is 34.4 Å². The number of hydrogen-bond donors (Lipinski definition) is 3. The van der Waals surface area contributed by atoms with Crippen LogP contribution in [-0.2, 0) is 14.2 Å². The van der Waals surface area contributed by atoms with Crippen molar-refractivity contribution in [1.82, 2.24) is 0 Å². The molecule has 218 valence electrons. The molecule has 39 heavy (non-hydrogen) atoms. The van der Waals surface area contributed by atoms with Crippen LogP contribution in [0.3, 0.4) is 0 Å². The van der Waals surface area contributed by atoms with Gasteiger partial charge < -0.3 is 29.5 Å². The Hall–Kier alpha value is -1.09. The van der Waals surface area contributed by atoms with Crippen LogP contribution in [0.2, 0.25) is 0 Å². The van der Waals surface area contributed by atoms with E-state index in [1.54, 1.807) is 19.1 Å². The van der Waals surface area contributed by atoms with Gasteiger partial charge in [0.25, 0.3) is 0 Å². The first-order chi connectivity index (χ1) is 18.5. The molecule has 0 amide bonds. The minimum absolute atomic E-state index is 0.00879. The van der Waals surface area contributed by atoms with Gasteiger partial charge in [-0.2, -0.15) is 0 Å². The molecule has 0 aromatic heterocycles. The number of halogens is 1. The summed E-state index contributed by atoms with van der Waals surface area (Å²) in [6.45, 7) is 6.53. The van der Waals surface area contributed by atoms with E-state index in [-0.39, 0.29) is 34.6 Å². The van der Waals surface area contributed by atoms with Gasteiger partial charge in [0.2, 0.25) is 0 Å². The Kier molecular flexibility index (Phi) is 7.21. The van der Waals surface area contributed by atoms with Crippen molar-refractivity contribution in [2.45, 2.75) is 127 Å². The van der Waals surface area contributed by atoms with Crippen molar-refractivity contribution in [2.75, 3.05) is 7.11 Å². The number of benzene rings is 1. The third-order valence-electron chi connectivity index (χ3n) is 12.5. The maximum absolute atomic E-state index is 13.6. The molecule has 3 unspecified atom stereocenters. The highest BCUT2D eigenvalue weighted by Gasteiger charge is 2.67. The van der Waals surface area contributed by atoms with Crippen LogP contribution < -0.4 is 0 Å². The van der Waals surface area contributed by atoms with Crippen LogP contribution in [0.1, 0.15) is 90.0 Å². The topological polar surface area (TPSA) is 88.4 Å². The number of fused-ring (bicyclic) bond motifs is 5. The molecule has 0 spiro atoms. The third kappa shape index (κ3) is 4.25. The molecule has 5 fully saturated rings. The highest BCUT2D eigenvalue weighted by atomic mass is 19.1. The van der Waals surface area contributed by atoms with E-state index in [2.05, 4.69) is 13.8 Å². The molecule has 13 atom stereocenters. The molecule has 0 radical (unpaired) electrons. The highest BCUT2D eigenvalue weighted by molar-refractivity contribution is 5.29. The van der Waals surface area contributed by atoms with E-state index in [1.807, 2.05) is 12.1 Å². The molecule has 6 nitrogen and oxygen atoms in total. The molecule has 4 saturated carbocycles. The molecule has 7 heteroatoms. The van der Waals surface area contributed by atoms with Gasteiger partial charge in [-0.05, 0) is 111 Å². The smallest absolute Gasteiger partial charge is 0.186 e. The Balaban J connectivity index is 1.16. The molecule has 1 heterocycles. The fraction of sp³-hybridized carbons (Fsp3) is 0.812. The Morgan fingerprint density at radius 1 is 0.923 bits per heavy atom. The fourth-order valence-corrected chi connectivity index (χ4v) is 10.1. The second-order valence-electron chi connectivity index (χ2n) is 13.9. The van der Waals surface area contributed by atoms with Gasteiger partial charge in [-0.25, -0.2) is 4.39 Å². The molecular weight excluding hydrogens is 499 g/mol. The molecule has 4 aliphatic carbocycles. The first-order valence-corrected chi connectivity index (χ1v) is 15.2. The van der Waals surface area contributed by atoms with Gasteiger partial charge in [0.1, 0.15) is 24.1 Å². The summed E-state index contributed by atoms with van der Waals surface area (Å²) in [6, 6.07) is 6.96. The summed E-state index contributed by atoms with van der Waals surface area (Å²) in [5.74, 6) is 1.32. The standard InChI is InChI=1S/C32H47FO6/c1-18-26(34)28(37-4)27(35)29(38-18)39-22-11-14-30(2)20(17-22)7-10-25-24(30)12-15-31(3)23(13-16-32(25,31)36)19-5-8-21(33)9-6-19/h5-6,8-9,18,20,22-29,34-36H,7,10-17H2,1-4H3/t18-,20?,22?,23?,24-,25-,26-,27-,28+,29+,30+,31-,32-/m1/s1. The minimum Gasteiger partial charge on any atom is -0.389 e. The van der Waals surface area contributed by atoms with Crippen LogP contribution in [0.5, 0.6) is 0 Å². The first kappa shape index (κ1) is 28.0. The van der Waals surface area contributed by atoms with Crippen molar-refractivity contribution in [3.8, 4) is 0 Å². The lowest BCUT2D eigenvalue weighted by atomic mass is 9.43. The molecule has 5 aliphatic rings. The molecular formula is C32H47FO6. The van der Waals surface area contributed by atoms with E-state index >= 15 is 0 Å². The summed E-state index contributed by atoms with van der Waals surface area (Å²) in [7, 11) is 1.49. The number of aliphatic hydroxyl groups excluding tert-OH is 2. The predicted octanol–water partition coefficient (Wildman–Crippen LogP) is 4.93.